The highest BCUT2D eigenvalue weighted by Gasteiger charge is 2.34. The van der Waals surface area contributed by atoms with Gasteiger partial charge in [0.1, 0.15) is 11.4 Å². The number of para-hydroxylation sites is 2. The number of hydrazone groups is 1. The van der Waals surface area contributed by atoms with Gasteiger partial charge < -0.3 is 9.72 Å². The zero-order valence-electron chi connectivity index (χ0n) is 20.5. The van der Waals surface area contributed by atoms with E-state index in [0.717, 1.165) is 6.07 Å². The molecule has 0 aliphatic heterocycles. The number of hydrogen-bond acceptors (Lipinski definition) is 4. The number of carbonyl (C=O) groups excluding carboxylic acids is 2. The van der Waals surface area contributed by atoms with E-state index >= 15 is 0 Å². The number of ether oxygens (including phenoxy) is 1. The molecule has 200 valence electrons. The quantitative estimate of drug-likeness (QED) is 0.0975. The molecule has 4 aromatic carbocycles. The van der Waals surface area contributed by atoms with Crippen molar-refractivity contribution in [3.63, 3.8) is 0 Å². The van der Waals surface area contributed by atoms with Crippen LogP contribution in [0.4, 0.5) is 13.2 Å². The Labute approximate surface area is 231 Å². The molecular weight excluding hydrogens is 543 g/mol. The maximum atomic E-state index is 13.7. The Morgan fingerprint density at radius 2 is 1.57 bits per heavy atom. The maximum absolute atomic E-state index is 13.7. The molecule has 0 atom stereocenters. The van der Waals surface area contributed by atoms with E-state index in [-0.39, 0.29) is 27.9 Å². The van der Waals surface area contributed by atoms with Gasteiger partial charge in [0.15, 0.2) is 0 Å². The highest BCUT2D eigenvalue weighted by Crippen LogP contribution is 2.39. The molecule has 0 aliphatic carbocycles. The van der Waals surface area contributed by atoms with Crippen molar-refractivity contribution in [1.29, 1.82) is 0 Å². The second kappa shape index (κ2) is 11.1. The number of amides is 1. The molecule has 5 aromatic rings. The van der Waals surface area contributed by atoms with Gasteiger partial charge in [-0.2, -0.15) is 18.3 Å². The van der Waals surface area contributed by atoms with Crippen LogP contribution in [-0.2, 0) is 6.18 Å². The predicted molar refractivity (Wildman–Crippen MR) is 147 cm³/mol. The molecule has 6 nitrogen and oxygen atoms in total. The standard InChI is InChI=1S/C30H19ClF3N3O3/c31-21-15-13-19(14-16-21)29(39)40-24-12-5-4-9-20(24)17-35-37-28(38)27-25(18-7-2-1-3-8-18)22-10-6-11-23(26(22)36-27)30(32,33)34/h1-17,36H,(H,37,38). The van der Waals surface area contributed by atoms with Gasteiger partial charge in [-0.3, -0.25) is 4.79 Å². The summed E-state index contributed by atoms with van der Waals surface area (Å²) in [6.07, 6.45) is -3.36. The number of alkyl halides is 3. The van der Waals surface area contributed by atoms with Crippen LogP contribution in [0, 0.1) is 0 Å². The second-order valence-corrected chi connectivity index (χ2v) is 9.04. The minimum atomic E-state index is -4.63. The van der Waals surface area contributed by atoms with E-state index in [2.05, 4.69) is 15.5 Å². The van der Waals surface area contributed by atoms with Crippen LogP contribution in [0.15, 0.2) is 102 Å². The van der Waals surface area contributed by atoms with Crippen molar-refractivity contribution < 1.29 is 27.5 Å². The van der Waals surface area contributed by atoms with Crippen LogP contribution in [0.2, 0.25) is 5.02 Å². The number of esters is 1. The first-order valence-corrected chi connectivity index (χ1v) is 12.3. The van der Waals surface area contributed by atoms with Gasteiger partial charge in [-0.1, -0.05) is 66.2 Å². The van der Waals surface area contributed by atoms with Gasteiger partial charge in [-0.25, -0.2) is 10.2 Å². The average molecular weight is 562 g/mol. The summed E-state index contributed by atoms with van der Waals surface area (Å²) in [5.41, 5.74) is 2.71. The Balaban J connectivity index is 1.43. The highest BCUT2D eigenvalue weighted by atomic mass is 35.5. The van der Waals surface area contributed by atoms with Gasteiger partial charge in [0.05, 0.1) is 22.9 Å². The zero-order valence-corrected chi connectivity index (χ0v) is 21.3. The number of fused-ring (bicyclic) bond motifs is 1. The maximum Gasteiger partial charge on any atom is 0.418 e. The van der Waals surface area contributed by atoms with E-state index in [9.17, 15) is 22.8 Å². The fourth-order valence-electron chi connectivity index (χ4n) is 4.17. The number of benzene rings is 4. The molecule has 40 heavy (non-hydrogen) atoms. The molecule has 0 bridgehead atoms. The number of rotatable bonds is 6. The third-order valence-corrected chi connectivity index (χ3v) is 6.25. The Morgan fingerprint density at radius 3 is 2.30 bits per heavy atom. The van der Waals surface area contributed by atoms with Crippen molar-refractivity contribution in [3.05, 3.63) is 124 Å². The van der Waals surface area contributed by atoms with E-state index < -0.39 is 23.6 Å². The lowest BCUT2D eigenvalue weighted by atomic mass is 10.0. The van der Waals surface area contributed by atoms with Gasteiger partial charge in [0.25, 0.3) is 5.91 Å². The first kappa shape index (κ1) is 26.7. The lowest BCUT2D eigenvalue weighted by Gasteiger charge is -2.08. The minimum absolute atomic E-state index is 0.0856. The molecule has 0 saturated carbocycles. The first-order chi connectivity index (χ1) is 19.2. The fourth-order valence-corrected chi connectivity index (χ4v) is 4.30. The van der Waals surface area contributed by atoms with Crippen molar-refractivity contribution in [1.82, 2.24) is 10.4 Å². The predicted octanol–water partition coefficient (Wildman–Crippen LogP) is 7.49. The smallest absolute Gasteiger partial charge is 0.418 e. The van der Waals surface area contributed by atoms with Crippen LogP contribution in [0.1, 0.15) is 32.0 Å². The van der Waals surface area contributed by atoms with Crippen LogP contribution < -0.4 is 10.2 Å². The SMILES string of the molecule is O=C(Oc1ccccc1C=NNC(=O)c1[nH]c2c(C(F)(F)F)cccc2c1-c1ccccc1)c1ccc(Cl)cc1. The number of nitrogens with zero attached hydrogens (tertiary/aromatic N) is 1. The Hall–Kier alpha value is -4.89. The highest BCUT2D eigenvalue weighted by molar-refractivity contribution is 6.30. The summed E-state index contributed by atoms with van der Waals surface area (Å²) in [6, 6.07) is 25.1. The Morgan fingerprint density at radius 1 is 0.875 bits per heavy atom. The molecule has 0 aliphatic rings. The normalized spacial score (nSPS) is 11.6. The summed E-state index contributed by atoms with van der Waals surface area (Å²) in [5.74, 6) is -1.19. The number of hydrogen-bond donors (Lipinski definition) is 2. The monoisotopic (exact) mass is 561 g/mol. The van der Waals surface area contributed by atoms with Crippen LogP contribution >= 0.6 is 11.6 Å². The molecule has 0 spiro atoms. The van der Waals surface area contributed by atoms with Crippen molar-refractivity contribution in [2.24, 2.45) is 5.10 Å². The van der Waals surface area contributed by atoms with E-state index in [1.807, 2.05) is 0 Å². The molecule has 1 aromatic heterocycles. The number of nitrogens with one attached hydrogen (secondary N) is 2. The molecule has 5 rings (SSSR count). The number of halogens is 4. The number of H-pyrrole nitrogens is 1. The van der Waals surface area contributed by atoms with E-state index in [4.69, 9.17) is 16.3 Å². The topological polar surface area (TPSA) is 83.5 Å². The summed E-state index contributed by atoms with van der Waals surface area (Å²) in [5, 5.41) is 4.69. The molecule has 0 saturated heterocycles. The van der Waals surface area contributed by atoms with E-state index in [1.165, 1.54) is 30.5 Å². The van der Waals surface area contributed by atoms with Crippen LogP contribution in [0.3, 0.4) is 0 Å². The number of aromatic amines is 1. The van der Waals surface area contributed by atoms with Crippen molar-refractivity contribution in [2.45, 2.75) is 6.18 Å². The largest absolute Gasteiger partial charge is 0.422 e. The summed E-state index contributed by atoms with van der Waals surface area (Å²) in [6.45, 7) is 0. The fraction of sp³-hybridized carbons (Fsp3) is 0.0333. The van der Waals surface area contributed by atoms with E-state index in [0.29, 0.717) is 21.7 Å². The summed E-state index contributed by atoms with van der Waals surface area (Å²) >= 11 is 5.87. The van der Waals surface area contributed by atoms with Crippen molar-refractivity contribution in [3.8, 4) is 16.9 Å². The molecule has 10 heteroatoms. The number of carbonyl (C=O) groups is 2. The first-order valence-electron chi connectivity index (χ1n) is 11.9. The lowest BCUT2D eigenvalue weighted by Crippen LogP contribution is -2.19. The van der Waals surface area contributed by atoms with Gasteiger partial charge >= 0.3 is 12.1 Å². The third kappa shape index (κ3) is 5.60. The molecule has 0 radical (unpaired) electrons. The lowest BCUT2D eigenvalue weighted by molar-refractivity contribution is -0.136. The van der Waals surface area contributed by atoms with Gasteiger partial charge in [-0.05, 0) is 48.0 Å². The molecule has 1 amide bonds. The molecule has 2 N–H and O–H groups in total. The molecule has 0 unspecified atom stereocenters. The van der Waals surface area contributed by atoms with Crippen molar-refractivity contribution in [2.75, 3.05) is 0 Å². The minimum Gasteiger partial charge on any atom is -0.422 e. The van der Waals surface area contributed by atoms with Gasteiger partial charge in [-0.15, -0.1) is 0 Å². The molecule has 0 fully saturated rings. The third-order valence-electron chi connectivity index (χ3n) is 6.00. The van der Waals surface area contributed by atoms with Crippen LogP contribution in [0.5, 0.6) is 5.75 Å². The second-order valence-electron chi connectivity index (χ2n) is 8.60. The summed E-state index contributed by atoms with van der Waals surface area (Å²) < 4.78 is 46.6. The Bertz CT molecular complexity index is 1730. The van der Waals surface area contributed by atoms with Gasteiger partial charge in [0.2, 0.25) is 0 Å². The van der Waals surface area contributed by atoms with Crippen LogP contribution in [0.25, 0.3) is 22.0 Å². The summed E-state index contributed by atoms with van der Waals surface area (Å²) in [7, 11) is 0. The Kier molecular flexibility index (Phi) is 7.39. The zero-order chi connectivity index (χ0) is 28.3. The van der Waals surface area contributed by atoms with Crippen LogP contribution in [-0.4, -0.2) is 23.1 Å². The van der Waals surface area contributed by atoms with Gasteiger partial charge in [0, 0.05) is 21.5 Å². The average Bonchev–Trinajstić information content (AvgIpc) is 3.34. The molecular formula is C30H19ClF3N3O3. The molecule has 1 heterocycles. The van der Waals surface area contributed by atoms with E-state index in [1.54, 1.807) is 66.7 Å². The number of aromatic nitrogens is 1. The summed E-state index contributed by atoms with van der Waals surface area (Å²) in [4.78, 5) is 28.4. The van der Waals surface area contributed by atoms with Crippen molar-refractivity contribution >= 4 is 40.6 Å².